The topological polar surface area (TPSA) is 65.4 Å². The summed E-state index contributed by atoms with van der Waals surface area (Å²) in [6.45, 7) is 1.93. The van der Waals surface area contributed by atoms with Crippen LogP contribution in [0.4, 0.5) is 5.82 Å². The van der Waals surface area contributed by atoms with E-state index in [4.69, 9.17) is 9.47 Å². The molecule has 3 rings (SSSR count). The predicted molar refractivity (Wildman–Crippen MR) is 95.8 cm³/mol. The molecule has 0 saturated heterocycles. The van der Waals surface area contributed by atoms with Crippen LogP contribution in [0, 0.1) is 6.92 Å². The van der Waals surface area contributed by atoms with Gasteiger partial charge in [-0.3, -0.25) is 4.79 Å². The van der Waals surface area contributed by atoms with Crippen molar-refractivity contribution in [2.75, 3.05) is 19.5 Å². The highest BCUT2D eigenvalue weighted by Crippen LogP contribution is 2.23. The van der Waals surface area contributed by atoms with Crippen LogP contribution >= 0.6 is 0 Å². The normalized spacial score (nSPS) is 10.4. The Kier molecular flexibility index (Phi) is 4.70. The van der Waals surface area contributed by atoms with Crippen molar-refractivity contribution in [3.8, 4) is 17.2 Å². The summed E-state index contributed by atoms with van der Waals surface area (Å²) in [6.07, 6.45) is 0. The summed E-state index contributed by atoms with van der Waals surface area (Å²) in [5.41, 5.74) is 2.29. The third-order valence-corrected chi connectivity index (χ3v) is 3.74. The van der Waals surface area contributed by atoms with Gasteiger partial charge in [0.1, 0.15) is 11.5 Å². The Morgan fingerprint density at radius 3 is 2.24 bits per heavy atom. The number of hydrogen-bond donors (Lipinski definition) is 1. The van der Waals surface area contributed by atoms with Crippen molar-refractivity contribution in [1.29, 1.82) is 0 Å². The number of aryl methyl sites for hydroxylation is 1. The number of benzene rings is 2. The second-order valence-electron chi connectivity index (χ2n) is 5.47. The van der Waals surface area contributed by atoms with Crippen molar-refractivity contribution in [3.63, 3.8) is 0 Å². The summed E-state index contributed by atoms with van der Waals surface area (Å²) < 4.78 is 12.2. The number of amides is 1. The van der Waals surface area contributed by atoms with Crippen LogP contribution in [-0.4, -0.2) is 29.9 Å². The van der Waals surface area contributed by atoms with Crippen molar-refractivity contribution in [2.24, 2.45) is 0 Å². The summed E-state index contributed by atoms with van der Waals surface area (Å²) in [5.74, 6) is 1.30. The number of para-hydroxylation sites is 1. The number of ether oxygens (including phenoxy) is 2. The van der Waals surface area contributed by atoms with E-state index in [9.17, 15) is 4.79 Å². The van der Waals surface area contributed by atoms with E-state index in [-0.39, 0.29) is 5.91 Å². The van der Waals surface area contributed by atoms with Gasteiger partial charge in [-0.2, -0.15) is 0 Å². The van der Waals surface area contributed by atoms with Gasteiger partial charge in [-0.25, -0.2) is 4.68 Å². The van der Waals surface area contributed by atoms with E-state index < -0.39 is 0 Å². The van der Waals surface area contributed by atoms with Crippen LogP contribution in [0.5, 0.6) is 11.5 Å². The molecule has 6 nitrogen and oxygen atoms in total. The van der Waals surface area contributed by atoms with E-state index in [0.29, 0.717) is 22.9 Å². The molecule has 0 atom stereocenters. The Bertz CT molecular complexity index is 866. The van der Waals surface area contributed by atoms with Gasteiger partial charge in [0.05, 0.1) is 19.9 Å². The maximum absolute atomic E-state index is 12.5. The van der Waals surface area contributed by atoms with Crippen molar-refractivity contribution in [1.82, 2.24) is 9.78 Å². The molecule has 0 spiro atoms. The number of methoxy groups -OCH3 is 2. The second kappa shape index (κ2) is 7.09. The Morgan fingerprint density at radius 2 is 1.64 bits per heavy atom. The summed E-state index contributed by atoms with van der Waals surface area (Å²) in [4.78, 5) is 12.5. The molecule has 0 aliphatic heterocycles. The zero-order chi connectivity index (χ0) is 17.8. The smallest absolute Gasteiger partial charge is 0.257 e. The van der Waals surface area contributed by atoms with Gasteiger partial charge in [-0.15, -0.1) is 5.10 Å². The Morgan fingerprint density at radius 1 is 1.00 bits per heavy atom. The van der Waals surface area contributed by atoms with Gasteiger partial charge >= 0.3 is 0 Å². The van der Waals surface area contributed by atoms with Gasteiger partial charge in [-0.05, 0) is 31.2 Å². The fourth-order valence-electron chi connectivity index (χ4n) is 2.49. The fourth-order valence-corrected chi connectivity index (χ4v) is 2.49. The SMILES string of the molecule is COc1cc(OC)cc(C(=O)Nc2cc(C)n(-c3ccccc3)n2)c1. The molecule has 2 aromatic carbocycles. The van der Waals surface area contributed by atoms with Gasteiger partial charge < -0.3 is 14.8 Å². The second-order valence-corrected chi connectivity index (χ2v) is 5.47. The first-order valence-corrected chi connectivity index (χ1v) is 7.77. The van der Waals surface area contributed by atoms with Crippen LogP contribution < -0.4 is 14.8 Å². The van der Waals surface area contributed by atoms with Crippen molar-refractivity contribution in [3.05, 3.63) is 65.9 Å². The number of carbonyl (C=O) groups excluding carboxylic acids is 1. The number of nitrogens with one attached hydrogen (secondary N) is 1. The van der Waals surface area contributed by atoms with E-state index in [1.807, 2.05) is 43.3 Å². The minimum absolute atomic E-state index is 0.282. The number of carbonyl (C=O) groups is 1. The number of nitrogens with zero attached hydrogens (tertiary/aromatic N) is 2. The molecule has 128 valence electrons. The van der Waals surface area contributed by atoms with Gasteiger partial charge in [0, 0.05) is 23.4 Å². The molecule has 0 radical (unpaired) electrons. The van der Waals surface area contributed by atoms with E-state index in [0.717, 1.165) is 11.4 Å². The standard InChI is InChI=1S/C19H19N3O3/c1-13-9-18(21-22(13)15-7-5-4-6-8-15)20-19(23)14-10-16(24-2)12-17(11-14)25-3/h4-12H,1-3H3,(H,20,21,23). The number of anilines is 1. The van der Waals surface area contributed by atoms with E-state index in [1.165, 1.54) is 0 Å². The number of hydrogen-bond acceptors (Lipinski definition) is 4. The third kappa shape index (κ3) is 3.63. The van der Waals surface area contributed by atoms with Crippen LogP contribution in [0.15, 0.2) is 54.6 Å². The minimum Gasteiger partial charge on any atom is -0.497 e. The van der Waals surface area contributed by atoms with E-state index in [2.05, 4.69) is 10.4 Å². The summed E-state index contributed by atoms with van der Waals surface area (Å²) >= 11 is 0. The van der Waals surface area contributed by atoms with Crippen molar-refractivity contribution >= 4 is 11.7 Å². The molecular weight excluding hydrogens is 318 g/mol. The highest BCUT2D eigenvalue weighted by Gasteiger charge is 2.13. The molecule has 0 bridgehead atoms. The third-order valence-electron chi connectivity index (χ3n) is 3.74. The molecule has 25 heavy (non-hydrogen) atoms. The van der Waals surface area contributed by atoms with Crippen LogP contribution in [0.2, 0.25) is 0 Å². The monoisotopic (exact) mass is 337 g/mol. The van der Waals surface area contributed by atoms with Gasteiger partial charge in [-0.1, -0.05) is 18.2 Å². The molecule has 0 aliphatic rings. The van der Waals surface area contributed by atoms with Crippen LogP contribution in [0.25, 0.3) is 5.69 Å². The molecule has 1 amide bonds. The quantitative estimate of drug-likeness (QED) is 0.774. The average molecular weight is 337 g/mol. The zero-order valence-electron chi connectivity index (χ0n) is 14.3. The highest BCUT2D eigenvalue weighted by molar-refractivity contribution is 6.04. The molecule has 0 saturated carbocycles. The highest BCUT2D eigenvalue weighted by atomic mass is 16.5. The van der Waals surface area contributed by atoms with Crippen LogP contribution in [-0.2, 0) is 0 Å². The van der Waals surface area contributed by atoms with Crippen LogP contribution in [0.3, 0.4) is 0 Å². The number of aromatic nitrogens is 2. The lowest BCUT2D eigenvalue weighted by atomic mass is 10.2. The molecule has 6 heteroatoms. The average Bonchev–Trinajstić information content (AvgIpc) is 3.02. The molecule has 1 aromatic heterocycles. The zero-order valence-corrected chi connectivity index (χ0v) is 14.3. The van der Waals surface area contributed by atoms with Gasteiger partial charge in [0.2, 0.25) is 0 Å². The number of rotatable bonds is 5. The lowest BCUT2D eigenvalue weighted by Crippen LogP contribution is -2.13. The van der Waals surface area contributed by atoms with Gasteiger partial charge in [0.25, 0.3) is 5.91 Å². The summed E-state index contributed by atoms with van der Waals surface area (Å²) in [7, 11) is 3.09. The fraction of sp³-hybridized carbons (Fsp3) is 0.158. The van der Waals surface area contributed by atoms with E-state index in [1.54, 1.807) is 37.1 Å². The minimum atomic E-state index is -0.282. The molecular formula is C19H19N3O3. The summed E-state index contributed by atoms with van der Waals surface area (Å²) in [5, 5.41) is 7.26. The molecule has 0 fully saturated rings. The molecule has 1 heterocycles. The van der Waals surface area contributed by atoms with Crippen molar-refractivity contribution < 1.29 is 14.3 Å². The van der Waals surface area contributed by atoms with Gasteiger partial charge in [0.15, 0.2) is 5.82 Å². The molecule has 3 aromatic rings. The lowest BCUT2D eigenvalue weighted by Gasteiger charge is -2.08. The maximum atomic E-state index is 12.5. The first-order valence-electron chi connectivity index (χ1n) is 7.77. The van der Waals surface area contributed by atoms with E-state index >= 15 is 0 Å². The first-order chi connectivity index (χ1) is 12.1. The molecule has 0 unspecified atom stereocenters. The molecule has 0 aliphatic carbocycles. The summed E-state index contributed by atoms with van der Waals surface area (Å²) in [6, 6.07) is 16.6. The maximum Gasteiger partial charge on any atom is 0.257 e. The Balaban J connectivity index is 1.85. The van der Waals surface area contributed by atoms with Crippen molar-refractivity contribution in [2.45, 2.75) is 6.92 Å². The lowest BCUT2D eigenvalue weighted by molar-refractivity contribution is 0.102. The largest absolute Gasteiger partial charge is 0.497 e. The Labute approximate surface area is 146 Å². The Hall–Kier alpha value is -3.28. The van der Waals surface area contributed by atoms with Crippen LogP contribution in [0.1, 0.15) is 16.1 Å². The predicted octanol–water partition coefficient (Wildman–Crippen LogP) is 3.45. The molecule has 1 N–H and O–H groups in total. The first kappa shape index (κ1) is 16.6.